The Balaban J connectivity index is 2.47. The Hall–Kier alpha value is 0.0969. The lowest BCUT2D eigenvalue weighted by Crippen LogP contribution is -2.36. The first-order chi connectivity index (χ1) is 8.81. The maximum absolute atomic E-state index is 6.21. The number of hydrogen-bond acceptors (Lipinski definition) is 3. The van der Waals surface area contributed by atoms with Gasteiger partial charge >= 0.3 is 9.53 Å². The molecule has 0 aliphatic heterocycles. The van der Waals surface area contributed by atoms with Crippen molar-refractivity contribution in [2.24, 2.45) is 5.92 Å². The molecule has 0 aromatic heterocycles. The molecule has 0 bridgehead atoms. The van der Waals surface area contributed by atoms with Crippen LogP contribution in [0.4, 0.5) is 0 Å². The van der Waals surface area contributed by atoms with Crippen LogP contribution in [0.5, 0.6) is 0 Å². The fourth-order valence-electron chi connectivity index (χ4n) is 2.75. The van der Waals surface area contributed by atoms with Gasteiger partial charge in [0.15, 0.2) is 0 Å². The maximum atomic E-state index is 6.21. The molecule has 1 saturated carbocycles. The highest BCUT2D eigenvalue weighted by molar-refractivity contribution is 6.36. The minimum absolute atomic E-state index is 0.366. The van der Waals surface area contributed by atoms with Gasteiger partial charge in [0.1, 0.15) is 0 Å². The van der Waals surface area contributed by atoms with Crippen molar-refractivity contribution in [2.75, 3.05) is 13.2 Å². The quantitative estimate of drug-likeness (QED) is 0.602. The molecule has 1 aliphatic carbocycles. The van der Waals surface area contributed by atoms with E-state index in [4.69, 9.17) is 13.3 Å². The van der Waals surface area contributed by atoms with Gasteiger partial charge in [-0.1, -0.05) is 32.6 Å². The van der Waals surface area contributed by atoms with Crippen molar-refractivity contribution in [3.05, 3.63) is 0 Å². The molecule has 108 valence electrons. The van der Waals surface area contributed by atoms with Crippen LogP contribution in [0.3, 0.4) is 0 Å². The SMILES string of the molecule is CCCC(O[SiH](OCC)OCC)C1CCCCC1. The van der Waals surface area contributed by atoms with Crippen LogP contribution in [-0.4, -0.2) is 28.8 Å². The van der Waals surface area contributed by atoms with Gasteiger partial charge in [0.2, 0.25) is 0 Å². The zero-order chi connectivity index (χ0) is 13.2. The van der Waals surface area contributed by atoms with Crippen LogP contribution in [0.1, 0.15) is 65.7 Å². The third-order valence-electron chi connectivity index (χ3n) is 3.64. The molecule has 1 atom stereocenters. The van der Waals surface area contributed by atoms with Crippen molar-refractivity contribution in [3.63, 3.8) is 0 Å². The minimum Gasteiger partial charge on any atom is -0.376 e. The van der Waals surface area contributed by atoms with Gasteiger partial charge in [-0.05, 0) is 39.0 Å². The second-order valence-corrected chi connectivity index (χ2v) is 6.58. The van der Waals surface area contributed by atoms with Crippen LogP contribution < -0.4 is 0 Å². The molecule has 1 unspecified atom stereocenters. The predicted octanol–water partition coefficient (Wildman–Crippen LogP) is 3.54. The molecule has 1 aliphatic rings. The highest BCUT2D eigenvalue weighted by atomic mass is 28.3. The summed E-state index contributed by atoms with van der Waals surface area (Å²) in [6, 6.07) is 0. The summed E-state index contributed by atoms with van der Waals surface area (Å²) in [7, 11) is -1.89. The Morgan fingerprint density at radius 2 is 1.61 bits per heavy atom. The molecule has 4 heteroatoms. The molecule has 1 rings (SSSR count). The monoisotopic (exact) mass is 274 g/mol. The van der Waals surface area contributed by atoms with Crippen LogP contribution >= 0.6 is 0 Å². The topological polar surface area (TPSA) is 27.7 Å². The Labute approximate surface area is 114 Å². The third kappa shape index (κ3) is 5.82. The fourth-order valence-corrected chi connectivity index (χ4v) is 4.19. The van der Waals surface area contributed by atoms with Gasteiger partial charge in [0.05, 0.1) is 6.10 Å². The summed E-state index contributed by atoms with van der Waals surface area (Å²) < 4.78 is 17.5. The molecule has 0 amide bonds. The summed E-state index contributed by atoms with van der Waals surface area (Å²) in [5.74, 6) is 0.731. The van der Waals surface area contributed by atoms with E-state index < -0.39 is 9.53 Å². The lowest BCUT2D eigenvalue weighted by Gasteiger charge is -2.32. The lowest BCUT2D eigenvalue weighted by atomic mass is 9.84. The Bertz CT molecular complexity index is 189. The smallest absolute Gasteiger partial charge is 0.376 e. The number of rotatable bonds is 9. The molecule has 0 aromatic rings. The first kappa shape index (κ1) is 16.2. The Kier molecular flexibility index (Phi) is 8.93. The standard InChI is InChI=1S/C14H30O3Si/c1-4-10-14(13-11-8-7-9-12-13)17-18(15-5-2)16-6-3/h13-14,18H,4-12H2,1-3H3. The van der Waals surface area contributed by atoms with Crippen LogP contribution in [0.15, 0.2) is 0 Å². The third-order valence-corrected chi connectivity index (χ3v) is 5.42. The summed E-state index contributed by atoms with van der Waals surface area (Å²) in [4.78, 5) is 0. The van der Waals surface area contributed by atoms with Gasteiger partial charge in [-0.3, -0.25) is 0 Å². The summed E-state index contributed by atoms with van der Waals surface area (Å²) in [6.07, 6.45) is 9.47. The molecule has 0 N–H and O–H groups in total. The molecule has 1 fully saturated rings. The molecule has 0 spiro atoms. The van der Waals surface area contributed by atoms with E-state index in [1.54, 1.807) is 0 Å². The van der Waals surface area contributed by atoms with Crippen LogP contribution in [0.2, 0.25) is 0 Å². The van der Waals surface area contributed by atoms with E-state index in [0.29, 0.717) is 19.3 Å². The van der Waals surface area contributed by atoms with E-state index in [-0.39, 0.29) is 0 Å². The average molecular weight is 274 g/mol. The summed E-state index contributed by atoms with van der Waals surface area (Å²) in [5.41, 5.74) is 0. The van der Waals surface area contributed by atoms with Gasteiger partial charge in [-0.15, -0.1) is 0 Å². The van der Waals surface area contributed by atoms with E-state index in [2.05, 4.69) is 6.92 Å². The van der Waals surface area contributed by atoms with Crippen molar-refractivity contribution >= 4 is 9.53 Å². The van der Waals surface area contributed by atoms with E-state index >= 15 is 0 Å². The van der Waals surface area contributed by atoms with Crippen LogP contribution in [0.25, 0.3) is 0 Å². The zero-order valence-electron chi connectivity index (χ0n) is 12.3. The molecule has 3 nitrogen and oxygen atoms in total. The first-order valence-electron chi connectivity index (χ1n) is 7.70. The molecule has 0 heterocycles. The van der Waals surface area contributed by atoms with E-state index in [9.17, 15) is 0 Å². The lowest BCUT2D eigenvalue weighted by molar-refractivity contribution is 0.0212. The van der Waals surface area contributed by atoms with Gasteiger partial charge in [-0.25, -0.2) is 0 Å². The highest BCUT2D eigenvalue weighted by Gasteiger charge is 2.28. The largest absolute Gasteiger partial charge is 0.484 e. The van der Waals surface area contributed by atoms with Gasteiger partial charge in [-0.2, -0.15) is 0 Å². The van der Waals surface area contributed by atoms with Crippen molar-refractivity contribution in [2.45, 2.75) is 71.8 Å². The van der Waals surface area contributed by atoms with Crippen molar-refractivity contribution in [1.82, 2.24) is 0 Å². The second kappa shape index (κ2) is 9.95. The van der Waals surface area contributed by atoms with Crippen LogP contribution in [0, 0.1) is 5.92 Å². The molecule has 0 saturated heterocycles. The Morgan fingerprint density at radius 1 is 1.00 bits per heavy atom. The second-order valence-electron chi connectivity index (χ2n) is 5.06. The van der Waals surface area contributed by atoms with Crippen molar-refractivity contribution in [1.29, 1.82) is 0 Å². The van der Waals surface area contributed by atoms with E-state index in [1.165, 1.54) is 38.5 Å². The van der Waals surface area contributed by atoms with Gasteiger partial charge < -0.3 is 13.3 Å². The fraction of sp³-hybridized carbons (Fsp3) is 1.00. The first-order valence-corrected chi connectivity index (χ1v) is 9.11. The highest BCUT2D eigenvalue weighted by Crippen LogP contribution is 2.30. The normalized spacial score (nSPS) is 19.3. The van der Waals surface area contributed by atoms with Crippen molar-refractivity contribution in [3.8, 4) is 0 Å². The predicted molar refractivity (Wildman–Crippen MR) is 76.8 cm³/mol. The van der Waals surface area contributed by atoms with Gasteiger partial charge in [0.25, 0.3) is 0 Å². The van der Waals surface area contributed by atoms with Gasteiger partial charge in [0, 0.05) is 13.2 Å². The Morgan fingerprint density at radius 3 is 2.11 bits per heavy atom. The molecular weight excluding hydrogens is 244 g/mol. The zero-order valence-corrected chi connectivity index (χ0v) is 13.5. The molecule has 0 radical (unpaired) electrons. The molecule has 0 aromatic carbocycles. The van der Waals surface area contributed by atoms with Crippen LogP contribution in [-0.2, 0) is 13.3 Å². The maximum Gasteiger partial charge on any atom is 0.484 e. The van der Waals surface area contributed by atoms with E-state index in [1.807, 2.05) is 13.8 Å². The molecule has 18 heavy (non-hydrogen) atoms. The summed E-state index contributed by atoms with van der Waals surface area (Å²) in [5, 5.41) is 0. The summed E-state index contributed by atoms with van der Waals surface area (Å²) >= 11 is 0. The average Bonchev–Trinajstić information content (AvgIpc) is 2.40. The summed E-state index contributed by atoms with van der Waals surface area (Å²) in [6.45, 7) is 7.65. The number of hydrogen-bond donors (Lipinski definition) is 0. The van der Waals surface area contributed by atoms with Crippen molar-refractivity contribution < 1.29 is 13.3 Å². The minimum atomic E-state index is -1.89. The molecular formula is C14H30O3Si. The van der Waals surface area contributed by atoms with E-state index in [0.717, 1.165) is 12.3 Å².